The molecule has 3 rings (SSSR count). The van der Waals surface area contributed by atoms with E-state index in [4.69, 9.17) is 0 Å². The summed E-state index contributed by atoms with van der Waals surface area (Å²) < 4.78 is 0. The standard InChI is InChI=1S/C14H15N3OS/c1-9-4-5-11-12(7-9)19-14(16-11)17-13(18)10-3-2-6-15-8-10/h2-3,6,8-9H,4-5,7H2,1H3,(H,16,17,18). The summed E-state index contributed by atoms with van der Waals surface area (Å²) in [5.41, 5.74) is 1.72. The fourth-order valence-electron chi connectivity index (χ4n) is 2.26. The predicted molar refractivity (Wildman–Crippen MR) is 75.5 cm³/mol. The van der Waals surface area contributed by atoms with Crippen LogP contribution in [-0.4, -0.2) is 15.9 Å². The average molecular weight is 273 g/mol. The zero-order valence-electron chi connectivity index (χ0n) is 10.7. The molecule has 2 aromatic heterocycles. The normalized spacial score (nSPS) is 17.8. The van der Waals surface area contributed by atoms with Crippen LogP contribution in [0.1, 0.15) is 34.3 Å². The Balaban J connectivity index is 1.76. The number of thiazole rings is 1. The molecule has 2 aromatic rings. The van der Waals surface area contributed by atoms with Gasteiger partial charge in [0.15, 0.2) is 5.13 Å². The van der Waals surface area contributed by atoms with E-state index in [0.717, 1.165) is 24.5 Å². The van der Waals surface area contributed by atoms with Gasteiger partial charge in [0, 0.05) is 17.3 Å². The minimum absolute atomic E-state index is 0.146. The third kappa shape index (κ3) is 2.66. The number of carbonyl (C=O) groups is 1. The highest BCUT2D eigenvalue weighted by Gasteiger charge is 2.20. The maximum Gasteiger partial charge on any atom is 0.259 e. The second-order valence-electron chi connectivity index (χ2n) is 4.93. The minimum atomic E-state index is -0.146. The molecule has 4 nitrogen and oxygen atoms in total. The molecule has 1 N–H and O–H groups in total. The summed E-state index contributed by atoms with van der Waals surface area (Å²) in [7, 11) is 0. The first-order valence-corrected chi connectivity index (χ1v) is 7.24. The van der Waals surface area contributed by atoms with E-state index in [2.05, 4.69) is 22.2 Å². The van der Waals surface area contributed by atoms with Crippen molar-refractivity contribution in [3.63, 3.8) is 0 Å². The fraction of sp³-hybridized carbons (Fsp3) is 0.357. The molecule has 2 heterocycles. The first-order valence-electron chi connectivity index (χ1n) is 6.42. The summed E-state index contributed by atoms with van der Waals surface area (Å²) in [5, 5.41) is 3.56. The summed E-state index contributed by atoms with van der Waals surface area (Å²) in [6.45, 7) is 2.26. The van der Waals surface area contributed by atoms with E-state index in [9.17, 15) is 4.79 Å². The van der Waals surface area contributed by atoms with Crippen LogP contribution >= 0.6 is 11.3 Å². The molecule has 0 saturated carbocycles. The van der Waals surface area contributed by atoms with Crippen molar-refractivity contribution in [3.05, 3.63) is 40.7 Å². The van der Waals surface area contributed by atoms with Crippen molar-refractivity contribution in [1.29, 1.82) is 0 Å². The molecule has 19 heavy (non-hydrogen) atoms. The van der Waals surface area contributed by atoms with Crippen molar-refractivity contribution in [2.75, 3.05) is 5.32 Å². The monoisotopic (exact) mass is 273 g/mol. The topological polar surface area (TPSA) is 54.9 Å². The molecule has 1 aliphatic carbocycles. The predicted octanol–water partition coefficient (Wildman–Crippen LogP) is 2.92. The summed E-state index contributed by atoms with van der Waals surface area (Å²) in [6.07, 6.45) is 6.50. The Bertz CT molecular complexity index is 594. The molecule has 1 amide bonds. The van der Waals surface area contributed by atoms with Crippen molar-refractivity contribution in [1.82, 2.24) is 9.97 Å². The number of aromatic nitrogens is 2. The Morgan fingerprint density at radius 1 is 1.53 bits per heavy atom. The van der Waals surface area contributed by atoms with Crippen LogP contribution < -0.4 is 5.32 Å². The number of nitrogens with one attached hydrogen (secondary N) is 1. The second-order valence-corrected chi connectivity index (χ2v) is 6.02. The molecular formula is C14H15N3OS. The van der Waals surface area contributed by atoms with Gasteiger partial charge in [-0.05, 0) is 37.3 Å². The maximum atomic E-state index is 12.0. The van der Waals surface area contributed by atoms with Crippen LogP contribution in [0.25, 0.3) is 0 Å². The van der Waals surface area contributed by atoms with Crippen LogP contribution in [0, 0.1) is 5.92 Å². The molecule has 0 aromatic carbocycles. The summed E-state index contributed by atoms with van der Waals surface area (Å²) in [4.78, 5) is 21.8. The Morgan fingerprint density at radius 2 is 2.42 bits per heavy atom. The van der Waals surface area contributed by atoms with Crippen molar-refractivity contribution in [2.24, 2.45) is 5.92 Å². The largest absolute Gasteiger partial charge is 0.298 e. The van der Waals surface area contributed by atoms with E-state index >= 15 is 0 Å². The molecule has 0 saturated heterocycles. The minimum Gasteiger partial charge on any atom is -0.298 e. The third-order valence-electron chi connectivity index (χ3n) is 3.33. The molecular weight excluding hydrogens is 258 g/mol. The molecule has 0 radical (unpaired) electrons. The molecule has 1 unspecified atom stereocenters. The van der Waals surface area contributed by atoms with E-state index in [1.54, 1.807) is 35.9 Å². The number of rotatable bonds is 2. The van der Waals surface area contributed by atoms with Crippen LogP contribution in [0.5, 0.6) is 0 Å². The van der Waals surface area contributed by atoms with Crippen molar-refractivity contribution in [3.8, 4) is 0 Å². The number of aryl methyl sites for hydroxylation is 1. The zero-order valence-corrected chi connectivity index (χ0v) is 11.5. The molecule has 0 bridgehead atoms. The summed E-state index contributed by atoms with van der Waals surface area (Å²) in [6, 6.07) is 3.50. The number of carbonyl (C=O) groups excluding carboxylic acids is 1. The molecule has 98 valence electrons. The maximum absolute atomic E-state index is 12.0. The van der Waals surface area contributed by atoms with Crippen LogP contribution in [-0.2, 0) is 12.8 Å². The number of hydrogen-bond acceptors (Lipinski definition) is 4. The van der Waals surface area contributed by atoms with Gasteiger partial charge in [-0.3, -0.25) is 15.1 Å². The quantitative estimate of drug-likeness (QED) is 0.915. The lowest BCUT2D eigenvalue weighted by molar-refractivity contribution is 0.102. The van der Waals surface area contributed by atoms with Crippen molar-refractivity contribution >= 4 is 22.4 Å². The van der Waals surface area contributed by atoms with Crippen LogP contribution in [0.15, 0.2) is 24.5 Å². The average Bonchev–Trinajstić information content (AvgIpc) is 2.81. The SMILES string of the molecule is CC1CCc2nc(NC(=O)c3cccnc3)sc2C1. The Labute approximate surface area is 115 Å². The van der Waals surface area contributed by atoms with Gasteiger partial charge in [-0.25, -0.2) is 4.98 Å². The van der Waals surface area contributed by atoms with Gasteiger partial charge in [0.2, 0.25) is 0 Å². The van der Waals surface area contributed by atoms with E-state index in [1.807, 2.05) is 0 Å². The van der Waals surface area contributed by atoms with Crippen LogP contribution in [0.4, 0.5) is 5.13 Å². The first kappa shape index (κ1) is 12.3. The Hall–Kier alpha value is -1.75. The van der Waals surface area contributed by atoms with Gasteiger partial charge in [0.25, 0.3) is 5.91 Å². The van der Waals surface area contributed by atoms with Crippen molar-refractivity contribution < 1.29 is 4.79 Å². The molecule has 0 aliphatic heterocycles. The molecule has 1 atom stereocenters. The van der Waals surface area contributed by atoms with Crippen LogP contribution in [0.3, 0.4) is 0 Å². The lowest BCUT2D eigenvalue weighted by Crippen LogP contribution is -2.12. The molecule has 5 heteroatoms. The Morgan fingerprint density at radius 3 is 3.21 bits per heavy atom. The van der Waals surface area contributed by atoms with E-state index < -0.39 is 0 Å². The highest BCUT2D eigenvalue weighted by molar-refractivity contribution is 7.15. The Kier molecular flexibility index (Phi) is 3.29. The van der Waals surface area contributed by atoms with Gasteiger partial charge < -0.3 is 0 Å². The highest BCUT2D eigenvalue weighted by atomic mass is 32.1. The van der Waals surface area contributed by atoms with Gasteiger partial charge in [-0.2, -0.15) is 0 Å². The highest BCUT2D eigenvalue weighted by Crippen LogP contribution is 2.32. The van der Waals surface area contributed by atoms with Gasteiger partial charge in [-0.1, -0.05) is 6.92 Å². The molecule has 0 fully saturated rings. The lowest BCUT2D eigenvalue weighted by Gasteiger charge is -2.15. The number of amides is 1. The van der Waals surface area contributed by atoms with E-state index in [-0.39, 0.29) is 5.91 Å². The molecule has 0 spiro atoms. The van der Waals surface area contributed by atoms with Gasteiger partial charge in [0.1, 0.15) is 0 Å². The van der Waals surface area contributed by atoms with E-state index in [0.29, 0.717) is 10.7 Å². The van der Waals surface area contributed by atoms with Crippen molar-refractivity contribution in [2.45, 2.75) is 26.2 Å². The van der Waals surface area contributed by atoms with Gasteiger partial charge in [-0.15, -0.1) is 11.3 Å². The summed E-state index contributed by atoms with van der Waals surface area (Å²) in [5.74, 6) is 0.571. The van der Waals surface area contributed by atoms with E-state index in [1.165, 1.54) is 11.3 Å². The number of anilines is 1. The zero-order chi connectivity index (χ0) is 13.2. The second kappa shape index (κ2) is 5.09. The number of hydrogen-bond donors (Lipinski definition) is 1. The number of pyridine rings is 1. The summed E-state index contributed by atoms with van der Waals surface area (Å²) >= 11 is 1.60. The number of fused-ring (bicyclic) bond motifs is 1. The molecule has 1 aliphatic rings. The fourth-order valence-corrected chi connectivity index (χ4v) is 3.43. The smallest absolute Gasteiger partial charge is 0.259 e. The van der Waals surface area contributed by atoms with Crippen LogP contribution in [0.2, 0.25) is 0 Å². The number of nitrogens with zero attached hydrogens (tertiary/aromatic N) is 2. The van der Waals surface area contributed by atoms with Gasteiger partial charge in [0.05, 0.1) is 11.3 Å². The first-order chi connectivity index (χ1) is 9.22. The lowest BCUT2D eigenvalue weighted by atomic mass is 9.93. The third-order valence-corrected chi connectivity index (χ3v) is 4.37. The van der Waals surface area contributed by atoms with Gasteiger partial charge >= 0.3 is 0 Å².